The van der Waals surface area contributed by atoms with E-state index in [-0.39, 0.29) is 11.4 Å². The lowest BCUT2D eigenvalue weighted by atomic mass is 9.86. The van der Waals surface area contributed by atoms with Crippen LogP contribution in [0.4, 0.5) is 0 Å². The number of nitrogens with zero attached hydrogens (tertiary/aromatic N) is 3. The van der Waals surface area contributed by atoms with Crippen LogP contribution in [-0.2, 0) is 4.79 Å². The number of ether oxygens (including phenoxy) is 1. The van der Waals surface area contributed by atoms with Gasteiger partial charge in [0.15, 0.2) is 0 Å². The zero-order chi connectivity index (χ0) is 18.7. The SMILES string of the molecule is Cc1ccc(OCCN2CCN(C)[C@]3(CCC(=O)N(C)CC3)C2)c(Cl)c1. The van der Waals surface area contributed by atoms with Crippen molar-refractivity contribution in [3.63, 3.8) is 0 Å². The summed E-state index contributed by atoms with van der Waals surface area (Å²) < 4.78 is 5.91. The molecule has 1 atom stereocenters. The third-order valence-electron chi connectivity index (χ3n) is 5.97. The Morgan fingerprint density at radius 1 is 1.19 bits per heavy atom. The van der Waals surface area contributed by atoms with Gasteiger partial charge in [0.25, 0.3) is 0 Å². The highest BCUT2D eigenvalue weighted by atomic mass is 35.5. The van der Waals surface area contributed by atoms with E-state index in [2.05, 4.69) is 16.8 Å². The highest BCUT2D eigenvalue weighted by molar-refractivity contribution is 6.32. The van der Waals surface area contributed by atoms with E-state index in [1.807, 2.05) is 37.1 Å². The molecule has 2 fully saturated rings. The van der Waals surface area contributed by atoms with Gasteiger partial charge in [-0.1, -0.05) is 17.7 Å². The van der Waals surface area contributed by atoms with Crippen LogP contribution in [0.2, 0.25) is 5.02 Å². The molecule has 0 bridgehead atoms. The maximum atomic E-state index is 12.1. The normalized spacial score (nSPS) is 25.5. The molecule has 1 spiro atoms. The van der Waals surface area contributed by atoms with Gasteiger partial charge in [0.2, 0.25) is 5.91 Å². The molecular formula is C20H30ClN3O2. The number of likely N-dealkylation sites (N-methyl/N-ethyl adjacent to an activating group) is 1. The molecule has 5 nitrogen and oxygen atoms in total. The van der Waals surface area contributed by atoms with Crippen LogP contribution in [0.15, 0.2) is 18.2 Å². The first-order chi connectivity index (χ1) is 12.4. The molecule has 0 unspecified atom stereocenters. The van der Waals surface area contributed by atoms with Crippen molar-refractivity contribution in [1.82, 2.24) is 14.7 Å². The van der Waals surface area contributed by atoms with Gasteiger partial charge < -0.3 is 9.64 Å². The fourth-order valence-electron chi connectivity index (χ4n) is 4.04. The lowest BCUT2D eigenvalue weighted by Gasteiger charge is -2.49. The molecule has 2 aliphatic rings. The van der Waals surface area contributed by atoms with Gasteiger partial charge in [-0.3, -0.25) is 14.6 Å². The fraction of sp³-hybridized carbons (Fsp3) is 0.650. The number of rotatable bonds is 4. The molecule has 144 valence electrons. The Kier molecular flexibility index (Phi) is 6.10. The minimum absolute atomic E-state index is 0.0974. The Balaban J connectivity index is 1.57. The van der Waals surface area contributed by atoms with Gasteiger partial charge in [0, 0.05) is 51.7 Å². The molecule has 3 rings (SSSR count). The second-order valence-corrected chi connectivity index (χ2v) is 8.18. The molecule has 0 saturated carbocycles. The van der Waals surface area contributed by atoms with E-state index in [4.69, 9.17) is 16.3 Å². The van der Waals surface area contributed by atoms with Crippen LogP contribution in [-0.4, -0.2) is 79.6 Å². The Labute approximate surface area is 161 Å². The number of halogens is 1. The summed E-state index contributed by atoms with van der Waals surface area (Å²) in [7, 11) is 4.12. The van der Waals surface area contributed by atoms with Gasteiger partial charge in [-0.25, -0.2) is 0 Å². The maximum Gasteiger partial charge on any atom is 0.222 e. The van der Waals surface area contributed by atoms with Gasteiger partial charge >= 0.3 is 0 Å². The average molecular weight is 380 g/mol. The number of likely N-dealkylation sites (tertiary alicyclic amines) is 1. The first-order valence-corrected chi connectivity index (χ1v) is 9.84. The molecule has 0 radical (unpaired) electrons. The number of hydrogen-bond donors (Lipinski definition) is 0. The number of aryl methyl sites for hydroxylation is 1. The van der Waals surface area contributed by atoms with E-state index in [1.165, 1.54) is 0 Å². The van der Waals surface area contributed by atoms with E-state index >= 15 is 0 Å². The van der Waals surface area contributed by atoms with Crippen LogP contribution >= 0.6 is 11.6 Å². The largest absolute Gasteiger partial charge is 0.491 e. The second-order valence-electron chi connectivity index (χ2n) is 7.77. The molecule has 1 aromatic rings. The van der Waals surface area contributed by atoms with Crippen molar-refractivity contribution in [3.8, 4) is 5.75 Å². The van der Waals surface area contributed by atoms with E-state index in [9.17, 15) is 4.79 Å². The quantitative estimate of drug-likeness (QED) is 0.805. The number of carbonyl (C=O) groups excluding carboxylic acids is 1. The van der Waals surface area contributed by atoms with E-state index < -0.39 is 0 Å². The molecule has 0 aliphatic carbocycles. The summed E-state index contributed by atoms with van der Waals surface area (Å²) in [5.41, 5.74) is 1.23. The average Bonchev–Trinajstić information content (AvgIpc) is 2.75. The molecular weight excluding hydrogens is 350 g/mol. The first-order valence-electron chi connectivity index (χ1n) is 9.46. The molecule has 2 saturated heterocycles. The summed E-state index contributed by atoms with van der Waals surface area (Å²) in [5, 5.41) is 0.671. The number of carbonyl (C=O) groups is 1. The van der Waals surface area contributed by atoms with Gasteiger partial charge in [0.1, 0.15) is 12.4 Å². The zero-order valence-electron chi connectivity index (χ0n) is 16.1. The van der Waals surface area contributed by atoms with Crippen LogP contribution in [0.5, 0.6) is 5.75 Å². The topological polar surface area (TPSA) is 36.0 Å². The van der Waals surface area contributed by atoms with Crippen molar-refractivity contribution in [2.75, 3.05) is 53.4 Å². The highest BCUT2D eigenvalue weighted by Gasteiger charge is 2.41. The van der Waals surface area contributed by atoms with Crippen molar-refractivity contribution < 1.29 is 9.53 Å². The van der Waals surface area contributed by atoms with Crippen LogP contribution < -0.4 is 4.74 Å². The number of amides is 1. The van der Waals surface area contributed by atoms with Gasteiger partial charge in [-0.2, -0.15) is 0 Å². The smallest absolute Gasteiger partial charge is 0.222 e. The second kappa shape index (κ2) is 8.15. The third-order valence-corrected chi connectivity index (χ3v) is 6.27. The van der Waals surface area contributed by atoms with Gasteiger partial charge in [-0.15, -0.1) is 0 Å². The van der Waals surface area contributed by atoms with E-state index in [1.54, 1.807) is 0 Å². The Morgan fingerprint density at radius 2 is 2.00 bits per heavy atom. The van der Waals surface area contributed by atoms with Gasteiger partial charge in [-0.05, 0) is 44.5 Å². The highest BCUT2D eigenvalue weighted by Crippen LogP contribution is 2.32. The van der Waals surface area contributed by atoms with Crippen molar-refractivity contribution >= 4 is 17.5 Å². The monoisotopic (exact) mass is 379 g/mol. The van der Waals surface area contributed by atoms with Crippen LogP contribution in [0.3, 0.4) is 0 Å². The van der Waals surface area contributed by atoms with Crippen LogP contribution in [0.25, 0.3) is 0 Å². The molecule has 1 aromatic carbocycles. The first kappa shape index (κ1) is 19.5. The predicted octanol–water partition coefficient (Wildman–Crippen LogP) is 2.66. The Hall–Kier alpha value is -1.30. The molecule has 1 amide bonds. The molecule has 0 N–H and O–H groups in total. The standard InChI is InChI=1S/C20H30ClN3O2/c1-16-4-5-18(17(21)14-16)26-13-12-24-11-10-23(3)20(15-24)7-6-19(25)22(2)9-8-20/h4-5,14H,6-13,15H2,1-3H3/t20-/m0/s1. The Bertz CT molecular complexity index is 654. The lowest BCUT2D eigenvalue weighted by molar-refractivity contribution is -0.129. The maximum absolute atomic E-state index is 12.1. The van der Waals surface area contributed by atoms with Crippen molar-refractivity contribution in [1.29, 1.82) is 0 Å². The molecule has 26 heavy (non-hydrogen) atoms. The zero-order valence-corrected chi connectivity index (χ0v) is 16.9. The Morgan fingerprint density at radius 3 is 2.77 bits per heavy atom. The van der Waals surface area contributed by atoms with Crippen LogP contribution in [0, 0.1) is 6.92 Å². The van der Waals surface area contributed by atoms with Crippen molar-refractivity contribution in [3.05, 3.63) is 28.8 Å². The molecule has 2 heterocycles. The van der Waals surface area contributed by atoms with Crippen molar-refractivity contribution in [2.24, 2.45) is 0 Å². The summed E-state index contributed by atoms with van der Waals surface area (Å²) >= 11 is 6.25. The molecule has 6 heteroatoms. The van der Waals surface area contributed by atoms with E-state index in [0.29, 0.717) is 18.1 Å². The summed E-state index contributed by atoms with van der Waals surface area (Å²) in [4.78, 5) is 18.9. The minimum atomic E-state index is 0.0974. The minimum Gasteiger partial charge on any atom is -0.491 e. The third kappa shape index (κ3) is 4.33. The van der Waals surface area contributed by atoms with E-state index in [0.717, 1.165) is 56.9 Å². The number of piperazine rings is 1. The molecule has 2 aliphatic heterocycles. The lowest BCUT2D eigenvalue weighted by Crippen LogP contribution is -2.61. The number of hydrogen-bond acceptors (Lipinski definition) is 4. The fourth-order valence-corrected chi connectivity index (χ4v) is 4.33. The summed E-state index contributed by atoms with van der Waals surface area (Å²) in [6, 6.07) is 5.89. The van der Waals surface area contributed by atoms with Crippen LogP contribution in [0.1, 0.15) is 24.8 Å². The summed E-state index contributed by atoms with van der Waals surface area (Å²) in [6.07, 6.45) is 2.62. The predicted molar refractivity (Wildman–Crippen MR) is 105 cm³/mol. The summed E-state index contributed by atoms with van der Waals surface area (Å²) in [6.45, 7) is 7.43. The molecule has 0 aromatic heterocycles. The number of benzene rings is 1. The van der Waals surface area contributed by atoms with Gasteiger partial charge in [0.05, 0.1) is 5.02 Å². The van der Waals surface area contributed by atoms with Crippen molar-refractivity contribution in [2.45, 2.75) is 31.7 Å². The summed E-state index contributed by atoms with van der Waals surface area (Å²) in [5.74, 6) is 1.02.